The summed E-state index contributed by atoms with van der Waals surface area (Å²) < 4.78 is 1.66. The van der Waals surface area contributed by atoms with Gasteiger partial charge in [0.2, 0.25) is 0 Å². The van der Waals surface area contributed by atoms with Crippen molar-refractivity contribution in [2.75, 3.05) is 0 Å². The van der Waals surface area contributed by atoms with Crippen molar-refractivity contribution < 1.29 is 0 Å². The van der Waals surface area contributed by atoms with Crippen molar-refractivity contribution in [3.63, 3.8) is 0 Å². The van der Waals surface area contributed by atoms with Gasteiger partial charge in [-0.05, 0) is 34.4 Å². The Kier molecular flexibility index (Phi) is 5.07. The molecule has 0 spiro atoms. The van der Waals surface area contributed by atoms with Crippen LogP contribution in [0.5, 0.6) is 0 Å². The molecule has 0 saturated heterocycles. The number of aryl methyl sites for hydroxylation is 1. The standard InChI is InChI=1S/C13H24SSi/c1-5-6-7-8-9-12-10-13(14-11-12)15(2,3)4/h10-11H,5-9H2,1-4H3. The SMILES string of the molecule is CCCCCCc1csc([Si](C)(C)C)c1. The average molecular weight is 240 g/mol. The highest BCUT2D eigenvalue weighted by atomic mass is 32.1. The molecule has 0 bridgehead atoms. The lowest BCUT2D eigenvalue weighted by Gasteiger charge is -2.12. The van der Waals surface area contributed by atoms with Crippen LogP contribution in [0.2, 0.25) is 19.6 Å². The molecule has 0 amide bonds. The lowest BCUT2D eigenvalue weighted by molar-refractivity contribution is 0.667. The highest BCUT2D eigenvalue weighted by Crippen LogP contribution is 2.14. The first-order chi connectivity index (χ1) is 7.04. The zero-order chi connectivity index (χ0) is 11.3. The van der Waals surface area contributed by atoms with Gasteiger partial charge < -0.3 is 0 Å². The Balaban J connectivity index is 2.40. The molecule has 0 unspecified atom stereocenters. The van der Waals surface area contributed by atoms with Crippen molar-refractivity contribution >= 4 is 23.9 Å². The number of unbranched alkanes of at least 4 members (excludes halogenated alkanes) is 3. The first-order valence-corrected chi connectivity index (χ1v) is 10.5. The van der Waals surface area contributed by atoms with E-state index in [-0.39, 0.29) is 0 Å². The van der Waals surface area contributed by atoms with Crippen LogP contribution in [0.4, 0.5) is 0 Å². The fraction of sp³-hybridized carbons (Fsp3) is 0.692. The zero-order valence-electron chi connectivity index (χ0n) is 10.6. The summed E-state index contributed by atoms with van der Waals surface area (Å²) in [5.41, 5.74) is 1.58. The summed E-state index contributed by atoms with van der Waals surface area (Å²) in [6.07, 6.45) is 6.79. The van der Waals surface area contributed by atoms with Gasteiger partial charge in [-0.2, -0.15) is 11.3 Å². The van der Waals surface area contributed by atoms with Crippen LogP contribution in [0.1, 0.15) is 38.2 Å². The Morgan fingerprint density at radius 2 is 1.87 bits per heavy atom. The summed E-state index contributed by atoms with van der Waals surface area (Å²) in [5.74, 6) is 0. The van der Waals surface area contributed by atoms with Crippen LogP contribution in [-0.2, 0) is 6.42 Å². The smallest absolute Gasteiger partial charge is 0.0904 e. The maximum atomic E-state index is 2.46. The van der Waals surface area contributed by atoms with Crippen LogP contribution in [0.25, 0.3) is 0 Å². The Labute approximate surface area is 99.7 Å². The maximum absolute atomic E-state index is 2.46. The van der Waals surface area contributed by atoms with Gasteiger partial charge in [0.15, 0.2) is 0 Å². The minimum atomic E-state index is -1.05. The number of rotatable bonds is 6. The maximum Gasteiger partial charge on any atom is 0.0904 e. The third kappa shape index (κ3) is 4.52. The van der Waals surface area contributed by atoms with Gasteiger partial charge in [-0.15, -0.1) is 0 Å². The molecule has 0 fully saturated rings. The third-order valence-corrected chi connectivity index (χ3v) is 7.32. The van der Waals surface area contributed by atoms with Crippen LogP contribution >= 0.6 is 11.3 Å². The molecule has 0 aromatic carbocycles. The van der Waals surface area contributed by atoms with Gasteiger partial charge in [-0.25, -0.2) is 0 Å². The van der Waals surface area contributed by atoms with E-state index in [2.05, 4.69) is 38.0 Å². The molecule has 2 heteroatoms. The molecular formula is C13H24SSi. The predicted molar refractivity (Wildman–Crippen MR) is 75.1 cm³/mol. The van der Waals surface area contributed by atoms with Crippen LogP contribution in [-0.4, -0.2) is 8.07 Å². The molecule has 1 rings (SSSR count). The van der Waals surface area contributed by atoms with E-state index < -0.39 is 8.07 Å². The highest BCUT2D eigenvalue weighted by molar-refractivity contribution is 7.25. The van der Waals surface area contributed by atoms with Crippen molar-refractivity contribution in [2.45, 2.75) is 58.7 Å². The molecule has 0 N–H and O–H groups in total. The Bertz CT molecular complexity index is 283. The van der Waals surface area contributed by atoms with Gasteiger partial charge in [0.1, 0.15) is 0 Å². The summed E-state index contributed by atoms with van der Waals surface area (Å²) in [5, 5.41) is 2.37. The average Bonchev–Trinajstić information content (AvgIpc) is 2.60. The molecule has 1 heterocycles. The second kappa shape index (κ2) is 5.85. The fourth-order valence-electron chi connectivity index (χ4n) is 1.66. The predicted octanol–water partition coefficient (Wildman–Crippen LogP) is 4.42. The van der Waals surface area contributed by atoms with E-state index >= 15 is 0 Å². The Morgan fingerprint density at radius 3 is 2.40 bits per heavy atom. The largest absolute Gasteiger partial charge is 0.153 e. The quantitative estimate of drug-likeness (QED) is 0.510. The Hall–Kier alpha value is -0.0831. The van der Waals surface area contributed by atoms with Gasteiger partial charge in [-0.3, -0.25) is 0 Å². The molecular weight excluding hydrogens is 216 g/mol. The molecule has 0 saturated carbocycles. The van der Waals surface area contributed by atoms with Crippen LogP contribution < -0.4 is 4.50 Å². The monoisotopic (exact) mass is 240 g/mol. The minimum Gasteiger partial charge on any atom is -0.153 e. The van der Waals surface area contributed by atoms with E-state index in [1.54, 1.807) is 10.1 Å². The van der Waals surface area contributed by atoms with Gasteiger partial charge in [-0.1, -0.05) is 45.8 Å². The summed E-state index contributed by atoms with van der Waals surface area (Å²) in [7, 11) is -1.05. The molecule has 0 aliphatic carbocycles. The van der Waals surface area contributed by atoms with Crippen molar-refractivity contribution in [1.29, 1.82) is 0 Å². The van der Waals surface area contributed by atoms with Crippen LogP contribution in [0, 0.1) is 0 Å². The lowest BCUT2D eigenvalue weighted by atomic mass is 10.1. The molecule has 0 aliphatic heterocycles. The molecule has 1 aromatic heterocycles. The topological polar surface area (TPSA) is 0 Å². The highest BCUT2D eigenvalue weighted by Gasteiger charge is 2.18. The van der Waals surface area contributed by atoms with E-state index in [4.69, 9.17) is 0 Å². The zero-order valence-corrected chi connectivity index (χ0v) is 12.4. The first kappa shape index (κ1) is 13.0. The van der Waals surface area contributed by atoms with E-state index in [1.807, 2.05) is 11.3 Å². The van der Waals surface area contributed by atoms with E-state index in [9.17, 15) is 0 Å². The van der Waals surface area contributed by atoms with Crippen molar-refractivity contribution in [3.8, 4) is 0 Å². The Morgan fingerprint density at radius 1 is 1.13 bits per heavy atom. The van der Waals surface area contributed by atoms with Crippen LogP contribution in [0.3, 0.4) is 0 Å². The van der Waals surface area contributed by atoms with Crippen molar-refractivity contribution in [3.05, 3.63) is 17.0 Å². The summed E-state index contributed by atoms with van der Waals surface area (Å²) in [6.45, 7) is 9.56. The fourth-order valence-corrected chi connectivity index (χ4v) is 4.55. The van der Waals surface area contributed by atoms with E-state index in [0.717, 1.165) is 0 Å². The molecule has 15 heavy (non-hydrogen) atoms. The number of hydrogen-bond acceptors (Lipinski definition) is 1. The molecule has 0 atom stereocenters. The van der Waals surface area contributed by atoms with Crippen molar-refractivity contribution in [1.82, 2.24) is 0 Å². The number of thiophene rings is 1. The molecule has 0 radical (unpaired) electrons. The lowest BCUT2D eigenvalue weighted by Crippen LogP contribution is -2.34. The number of hydrogen-bond donors (Lipinski definition) is 0. The molecule has 0 nitrogen and oxygen atoms in total. The normalized spacial score (nSPS) is 12.0. The molecule has 1 aromatic rings. The third-order valence-electron chi connectivity index (χ3n) is 2.71. The molecule has 0 aliphatic rings. The van der Waals surface area contributed by atoms with Gasteiger partial charge >= 0.3 is 0 Å². The summed E-state index contributed by atoms with van der Waals surface area (Å²) >= 11 is 1.98. The molecule has 86 valence electrons. The second-order valence-corrected chi connectivity index (χ2v) is 11.7. The second-order valence-electron chi connectivity index (χ2n) is 5.38. The summed E-state index contributed by atoms with van der Waals surface area (Å²) in [6, 6.07) is 2.46. The van der Waals surface area contributed by atoms with Crippen LogP contribution in [0.15, 0.2) is 11.4 Å². The van der Waals surface area contributed by atoms with E-state index in [0.29, 0.717) is 0 Å². The van der Waals surface area contributed by atoms with Gasteiger partial charge in [0.25, 0.3) is 0 Å². The summed E-state index contributed by atoms with van der Waals surface area (Å²) in [4.78, 5) is 0. The van der Waals surface area contributed by atoms with Gasteiger partial charge in [0.05, 0.1) is 8.07 Å². The first-order valence-electron chi connectivity index (χ1n) is 6.12. The van der Waals surface area contributed by atoms with E-state index in [1.165, 1.54) is 32.1 Å². The minimum absolute atomic E-state index is 1.05. The van der Waals surface area contributed by atoms with Crippen molar-refractivity contribution in [2.24, 2.45) is 0 Å². The van der Waals surface area contributed by atoms with Gasteiger partial charge in [0, 0.05) is 0 Å².